The second kappa shape index (κ2) is 9.08. The van der Waals surface area contributed by atoms with Gasteiger partial charge in [-0.15, -0.1) is 0 Å². The molecule has 1 aromatic heterocycles. The highest BCUT2D eigenvalue weighted by Crippen LogP contribution is 2.26. The van der Waals surface area contributed by atoms with Gasteiger partial charge in [0, 0.05) is 42.3 Å². The molecule has 1 amide bonds. The molecule has 30 heavy (non-hydrogen) atoms. The van der Waals surface area contributed by atoms with Gasteiger partial charge in [-0.05, 0) is 42.5 Å². The van der Waals surface area contributed by atoms with Crippen molar-refractivity contribution in [2.45, 2.75) is 0 Å². The summed E-state index contributed by atoms with van der Waals surface area (Å²) in [5, 5.41) is 1.49. The summed E-state index contributed by atoms with van der Waals surface area (Å²) in [5.74, 6) is 1.71. The van der Waals surface area contributed by atoms with Crippen molar-refractivity contribution in [3.05, 3.63) is 75.5 Å². The van der Waals surface area contributed by atoms with Crippen molar-refractivity contribution in [1.82, 2.24) is 14.9 Å². The number of anilines is 1. The molecule has 2 aromatic carbocycles. The number of piperazine rings is 1. The first-order valence-corrected chi connectivity index (χ1v) is 10.4. The number of carbonyl (C=O) groups excluding carboxylic acids is 1. The van der Waals surface area contributed by atoms with Gasteiger partial charge in [0.15, 0.2) is 0 Å². The van der Waals surface area contributed by atoms with E-state index in [4.69, 9.17) is 39.5 Å². The third-order valence-corrected chi connectivity index (χ3v) is 5.52. The second-order valence-corrected chi connectivity index (χ2v) is 7.95. The topological polar surface area (TPSA) is 58.6 Å². The first kappa shape index (κ1) is 20.7. The smallest absolute Gasteiger partial charge is 0.255 e. The van der Waals surface area contributed by atoms with Crippen molar-refractivity contribution in [2.24, 2.45) is 0 Å². The van der Waals surface area contributed by atoms with Crippen molar-refractivity contribution in [3.8, 4) is 11.6 Å². The zero-order valence-corrected chi connectivity index (χ0v) is 18.0. The van der Waals surface area contributed by atoms with E-state index in [0.717, 1.165) is 5.82 Å². The monoisotopic (exact) mass is 462 g/mol. The van der Waals surface area contributed by atoms with Crippen LogP contribution in [-0.4, -0.2) is 47.0 Å². The Balaban J connectivity index is 1.40. The van der Waals surface area contributed by atoms with E-state index in [2.05, 4.69) is 14.9 Å². The lowest BCUT2D eigenvalue weighted by molar-refractivity contribution is 0.0746. The molecule has 0 atom stereocenters. The Labute approximate surface area is 189 Å². The summed E-state index contributed by atoms with van der Waals surface area (Å²) in [6.07, 6.45) is 1.46. The fourth-order valence-corrected chi connectivity index (χ4v) is 3.77. The Kier molecular flexibility index (Phi) is 6.27. The first-order valence-electron chi connectivity index (χ1n) is 9.24. The van der Waals surface area contributed by atoms with Crippen molar-refractivity contribution < 1.29 is 9.53 Å². The molecule has 3 aromatic rings. The minimum Gasteiger partial charge on any atom is -0.439 e. The molecule has 9 heteroatoms. The molecular weight excluding hydrogens is 447 g/mol. The molecular formula is C21H17Cl3N4O2. The van der Waals surface area contributed by atoms with Gasteiger partial charge in [-0.2, -0.15) is 0 Å². The summed E-state index contributed by atoms with van der Waals surface area (Å²) in [6, 6.07) is 13.7. The van der Waals surface area contributed by atoms with E-state index in [1.807, 2.05) is 0 Å². The highest BCUT2D eigenvalue weighted by atomic mass is 35.5. The minimum atomic E-state index is -0.106. The molecule has 0 radical (unpaired) electrons. The predicted molar refractivity (Wildman–Crippen MR) is 118 cm³/mol. The molecule has 2 heterocycles. The highest BCUT2D eigenvalue weighted by Gasteiger charge is 2.24. The lowest BCUT2D eigenvalue weighted by Gasteiger charge is -2.35. The van der Waals surface area contributed by atoms with Gasteiger partial charge in [-0.25, -0.2) is 9.97 Å². The van der Waals surface area contributed by atoms with Gasteiger partial charge in [0.25, 0.3) is 5.91 Å². The molecule has 0 N–H and O–H groups in total. The molecule has 6 nitrogen and oxygen atoms in total. The summed E-state index contributed by atoms with van der Waals surface area (Å²) < 4.78 is 5.78. The van der Waals surface area contributed by atoms with E-state index in [-0.39, 0.29) is 5.91 Å². The van der Waals surface area contributed by atoms with Crippen LogP contribution in [0.4, 0.5) is 5.82 Å². The Morgan fingerprint density at radius 3 is 2.27 bits per heavy atom. The maximum absolute atomic E-state index is 12.8. The van der Waals surface area contributed by atoms with Gasteiger partial charge in [0.1, 0.15) is 17.9 Å². The number of benzene rings is 2. The van der Waals surface area contributed by atoms with Gasteiger partial charge < -0.3 is 14.5 Å². The SMILES string of the molecule is O=C(c1ccc(Cl)cc1Cl)N1CCN(c2cc(Oc3ccc(Cl)cc3)ncn2)CC1. The van der Waals surface area contributed by atoms with Gasteiger partial charge >= 0.3 is 0 Å². The van der Waals surface area contributed by atoms with Crippen molar-refractivity contribution in [2.75, 3.05) is 31.1 Å². The molecule has 0 aliphatic carbocycles. The lowest BCUT2D eigenvalue weighted by atomic mass is 10.2. The zero-order chi connectivity index (χ0) is 21.1. The number of carbonyl (C=O) groups is 1. The first-order chi connectivity index (χ1) is 14.5. The Hall–Kier alpha value is -2.54. The quantitative estimate of drug-likeness (QED) is 0.533. The van der Waals surface area contributed by atoms with Crippen LogP contribution in [0.1, 0.15) is 10.4 Å². The largest absolute Gasteiger partial charge is 0.439 e. The number of halogens is 3. The molecule has 0 saturated carbocycles. The molecule has 1 aliphatic heterocycles. The lowest BCUT2D eigenvalue weighted by Crippen LogP contribution is -2.49. The normalized spacial score (nSPS) is 14.0. The fourth-order valence-electron chi connectivity index (χ4n) is 3.15. The van der Waals surface area contributed by atoms with Crippen LogP contribution in [0.2, 0.25) is 15.1 Å². The molecule has 154 valence electrons. The van der Waals surface area contributed by atoms with Crippen LogP contribution in [0.5, 0.6) is 11.6 Å². The maximum Gasteiger partial charge on any atom is 0.255 e. The number of amides is 1. The van der Waals surface area contributed by atoms with Crippen LogP contribution in [0.15, 0.2) is 54.9 Å². The molecule has 0 unspecified atom stereocenters. The van der Waals surface area contributed by atoms with E-state index in [1.54, 1.807) is 53.4 Å². The fraction of sp³-hybridized carbons (Fsp3) is 0.190. The Bertz CT molecular complexity index is 1050. The molecule has 4 rings (SSSR count). The summed E-state index contributed by atoms with van der Waals surface area (Å²) in [5.41, 5.74) is 0.454. The third-order valence-electron chi connectivity index (χ3n) is 4.72. The summed E-state index contributed by atoms with van der Waals surface area (Å²) in [4.78, 5) is 25.2. The molecule has 0 spiro atoms. The molecule has 1 saturated heterocycles. The van der Waals surface area contributed by atoms with Crippen molar-refractivity contribution in [3.63, 3.8) is 0 Å². The number of nitrogens with zero attached hydrogens (tertiary/aromatic N) is 4. The maximum atomic E-state index is 12.8. The number of ether oxygens (including phenoxy) is 1. The molecule has 1 aliphatic rings. The molecule has 1 fully saturated rings. The van der Waals surface area contributed by atoms with E-state index >= 15 is 0 Å². The van der Waals surface area contributed by atoms with Crippen LogP contribution in [0.25, 0.3) is 0 Å². The van der Waals surface area contributed by atoms with Gasteiger partial charge in [-0.3, -0.25) is 4.79 Å². The zero-order valence-electron chi connectivity index (χ0n) is 15.8. The average molecular weight is 464 g/mol. The Morgan fingerprint density at radius 2 is 1.57 bits per heavy atom. The highest BCUT2D eigenvalue weighted by molar-refractivity contribution is 6.36. The van der Waals surface area contributed by atoms with Gasteiger partial charge in [-0.1, -0.05) is 34.8 Å². The van der Waals surface area contributed by atoms with Crippen LogP contribution in [-0.2, 0) is 0 Å². The number of hydrogen-bond donors (Lipinski definition) is 0. The van der Waals surface area contributed by atoms with Crippen LogP contribution < -0.4 is 9.64 Å². The molecule has 0 bridgehead atoms. The third kappa shape index (κ3) is 4.78. The predicted octanol–water partition coefficient (Wildman–Crippen LogP) is 5.19. The number of rotatable bonds is 4. The second-order valence-electron chi connectivity index (χ2n) is 6.67. The van der Waals surface area contributed by atoms with Crippen LogP contribution in [0, 0.1) is 0 Å². The number of hydrogen-bond acceptors (Lipinski definition) is 5. The van der Waals surface area contributed by atoms with E-state index < -0.39 is 0 Å². The standard InChI is InChI=1S/C21H17Cl3N4O2/c22-14-1-4-16(5-2-14)30-20-12-19(25-13-26-20)27-7-9-28(10-8-27)21(29)17-6-3-15(23)11-18(17)24/h1-6,11-13H,7-10H2. The average Bonchev–Trinajstić information content (AvgIpc) is 2.75. The van der Waals surface area contributed by atoms with Crippen molar-refractivity contribution >= 4 is 46.5 Å². The van der Waals surface area contributed by atoms with Gasteiger partial charge in [0.05, 0.1) is 10.6 Å². The Morgan fingerprint density at radius 1 is 0.867 bits per heavy atom. The van der Waals surface area contributed by atoms with Gasteiger partial charge in [0.2, 0.25) is 5.88 Å². The van der Waals surface area contributed by atoms with E-state index in [9.17, 15) is 4.79 Å². The van der Waals surface area contributed by atoms with Crippen LogP contribution in [0.3, 0.4) is 0 Å². The van der Waals surface area contributed by atoms with E-state index in [0.29, 0.717) is 58.4 Å². The summed E-state index contributed by atoms with van der Waals surface area (Å²) in [6.45, 7) is 2.37. The van der Waals surface area contributed by atoms with E-state index in [1.165, 1.54) is 6.33 Å². The van der Waals surface area contributed by atoms with Crippen LogP contribution >= 0.6 is 34.8 Å². The minimum absolute atomic E-state index is 0.106. The van der Waals surface area contributed by atoms with Crippen molar-refractivity contribution in [1.29, 1.82) is 0 Å². The summed E-state index contributed by atoms with van der Waals surface area (Å²) in [7, 11) is 0. The summed E-state index contributed by atoms with van der Waals surface area (Å²) >= 11 is 18.0. The number of aromatic nitrogens is 2.